The molecule has 136 valence electrons. The van der Waals surface area contributed by atoms with Crippen LogP contribution in [0.4, 0.5) is 0 Å². The third-order valence-electron chi connectivity index (χ3n) is 4.91. The van der Waals surface area contributed by atoms with Crippen LogP contribution in [-0.2, 0) is 17.9 Å². The number of hydrogen-bond acceptors (Lipinski definition) is 4. The summed E-state index contributed by atoms with van der Waals surface area (Å²) in [6.45, 7) is 9.61. The average Bonchev–Trinajstić information content (AvgIpc) is 2.92. The molecule has 1 aromatic carbocycles. The van der Waals surface area contributed by atoms with Crippen LogP contribution in [0.3, 0.4) is 0 Å². The number of hydrogen-bond donors (Lipinski definition) is 0. The third-order valence-corrected chi connectivity index (χ3v) is 4.91. The van der Waals surface area contributed by atoms with Crippen LogP contribution >= 0.6 is 0 Å². The van der Waals surface area contributed by atoms with Crippen molar-refractivity contribution in [3.05, 3.63) is 52.8 Å². The Hall–Kier alpha value is -2.65. The highest BCUT2D eigenvalue weighted by molar-refractivity contribution is 5.76. The van der Waals surface area contributed by atoms with Crippen LogP contribution in [0, 0.1) is 25.2 Å². The van der Waals surface area contributed by atoms with Gasteiger partial charge in [0.25, 0.3) is 0 Å². The lowest BCUT2D eigenvalue weighted by molar-refractivity contribution is -0.136. The lowest BCUT2D eigenvalue weighted by atomic mass is 10.1. The van der Waals surface area contributed by atoms with Crippen molar-refractivity contribution in [3.8, 4) is 6.07 Å². The molecule has 0 N–H and O–H groups in total. The van der Waals surface area contributed by atoms with Crippen LogP contribution in [0.5, 0.6) is 0 Å². The minimum atomic E-state index is 0.127. The maximum absolute atomic E-state index is 12.7. The van der Waals surface area contributed by atoms with Gasteiger partial charge < -0.3 is 4.90 Å². The maximum Gasteiger partial charge on any atom is 0.244 e. The van der Waals surface area contributed by atoms with Crippen molar-refractivity contribution in [2.75, 3.05) is 19.6 Å². The molecule has 1 fully saturated rings. The van der Waals surface area contributed by atoms with Crippen LogP contribution in [0.1, 0.15) is 29.4 Å². The van der Waals surface area contributed by atoms with Gasteiger partial charge in [0.1, 0.15) is 6.54 Å². The van der Waals surface area contributed by atoms with Gasteiger partial charge in [0, 0.05) is 37.9 Å². The molecule has 0 aliphatic carbocycles. The van der Waals surface area contributed by atoms with Crippen LogP contribution in [0.2, 0.25) is 0 Å². The van der Waals surface area contributed by atoms with E-state index in [1.54, 1.807) is 4.68 Å². The molecule has 6 heteroatoms. The number of carbonyl (C=O) groups is 1. The largest absolute Gasteiger partial charge is 0.336 e. The molecule has 1 amide bonds. The summed E-state index contributed by atoms with van der Waals surface area (Å²) >= 11 is 0. The molecule has 0 bridgehead atoms. The van der Waals surface area contributed by atoms with E-state index in [1.165, 1.54) is 5.56 Å². The Morgan fingerprint density at radius 3 is 2.58 bits per heavy atom. The monoisotopic (exact) mass is 351 g/mol. The smallest absolute Gasteiger partial charge is 0.244 e. The van der Waals surface area contributed by atoms with Gasteiger partial charge in [0.15, 0.2) is 0 Å². The van der Waals surface area contributed by atoms with Gasteiger partial charge in [-0.3, -0.25) is 14.4 Å². The summed E-state index contributed by atoms with van der Waals surface area (Å²) < 4.78 is 1.79. The number of aromatic nitrogens is 2. The van der Waals surface area contributed by atoms with E-state index < -0.39 is 0 Å². The van der Waals surface area contributed by atoms with E-state index in [0.717, 1.165) is 37.6 Å². The topological polar surface area (TPSA) is 65.2 Å². The molecule has 2 heterocycles. The fourth-order valence-corrected chi connectivity index (χ4v) is 3.54. The highest BCUT2D eigenvalue weighted by atomic mass is 16.2. The summed E-state index contributed by atoms with van der Waals surface area (Å²) in [7, 11) is 0. The Morgan fingerprint density at radius 2 is 2.00 bits per heavy atom. The molecule has 1 atom stereocenters. The minimum absolute atomic E-state index is 0.127. The summed E-state index contributed by atoms with van der Waals surface area (Å²) in [6, 6.07) is 12.0. The van der Waals surface area contributed by atoms with Gasteiger partial charge in [0.2, 0.25) is 5.91 Å². The van der Waals surface area contributed by atoms with Crippen molar-refractivity contribution in [2.45, 2.75) is 39.9 Å². The van der Waals surface area contributed by atoms with Gasteiger partial charge in [-0.15, -0.1) is 0 Å². The predicted molar refractivity (Wildman–Crippen MR) is 99.3 cm³/mol. The van der Waals surface area contributed by atoms with Crippen LogP contribution in [0.25, 0.3) is 0 Å². The van der Waals surface area contributed by atoms with Crippen molar-refractivity contribution in [1.29, 1.82) is 5.26 Å². The summed E-state index contributed by atoms with van der Waals surface area (Å²) in [5, 5.41) is 13.3. The van der Waals surface area contributed by atoms with Crippen molar-refractivity contribution < 1.29 is 4.79 Å². The Kier molecular flexibility index (Phi) is 5.38. The molecule has 3 rings (SSSR count). The van der Waals surface area contributed by atoms with Gasteiger partial charge in [-0.1, -0.05) is 12.1 Å². The number of nitriles is 1. The quantitative estimate of drug-likeness (QED) is 0.846. The molecule has 0 saturated carbocycles. The highest BCUT2D eigenvalue weighted by Crippen LogP contribution is 2.15. The molecular formula is C20H25N5O. The first kappa shape index (κ1) is 18.2. The second-order valence-corrected chi connectivity index (χ2v) is 7.06. The Balaban J connectivity index is 1.56. The number of rotatable bonds is 4. The van der Waals surface area contributed by atoms with Gasteiger partial charge in [-0.25, -0.2) is 0 Å². The Morgan fingerprint density at radius 1 is 1.27 bits per heavy atom. The summed E-state index contributed by atoms with van der Waals surface area (Å²) in [5.41, 5.74) is 3.83. The molecule has 1 saturated heterocycles. The number of benzene rings is 1. The van der Waals surface area contributed by atoms with Crippen molar-refractivity contribution in [3.63, 3.8) is 0 Å². The predicted octanol–water partition coefficient (Wildman–Crippen LogP) is 2.10. The molecule has 1 aliphatic heterocycles. The summed E-state index contributed by atoms with van der Waals surface area (Å²) in [4.78, 5) is 17.0. The molecular weight excluding hydrogens is 326 g/mol. The van der Waals surface area contributed by atoms with Gasteiger partial charge in [0.05, 0.1) is 17.3 Å². The number of carbonyl (C=O) groups excluding carboxylic acids is 1. The Labute approximate surface area is 154 Å². The molecule has 0 spiro atoms. The minimum Gasteiger partial charge on any atom is -0.336 e. The highest BCUT2D eigenvalue weighted by Gasteiger charge is 2.27. The van der Waals surface area contributed by atoms with E-state index in [9.17, 15) is 4.79 Å². The fourth-order valence-electron chi connectivity index (χ4n) is 3.54. The number of aryl methyl sites for hydroxylation is 2. The molecule has 0 radical (unpaired) electrons. The molecule has 0 unspecified atom stereocenters. The normalized spacial score (nSPS) is 17.9. The number of nitrogens with zero attached hydrogens (tertiary/aromatic N) is 5. The van der Waals surface area contributed by atoms with Gasteiger partial charge >= 0.3 is 0 Å². The first-order chi connectivity index (χ1) is 12.5. The standard InChI is InChI=1S/C20H25N5O/c1-15-10-16(2)25(22-15)14-20(26)24-9-8-23(12-17(24)3)13-19-6-4-18(11-21)5-7-19/h4-7,10,17H,8-9,12-14H2,1-3H3/t17-/m0/s1. The lowest BCUT2D eigenvalue weighted by Crippen LogP contribution is -2.54. The molecule has 1 aromatic heterocycles. The maximum atomic E-state index is 12.7. The summed E-state index contributed by atoms with van der Waals surface area (Å²) in [6.07, 6.45) is 0. The SMILES string of the molecule is Cc1cc(C)n(CC(=O)N2CCN(Cc3ccc(C#N)cc3)C[C@@H]2C)n1. The zero-order chi connectivity index (χ0) is 18.7. The Bertz CT molecular complexity index is 818. The van der Waals surface area contributed by atoms with Crippen LogP contribution in [0.15, 0.2) is 30.3 Å². The summed E-state index contributed by atoms with van der Waals surface area (Å²) in [5.74, 6) is 0.127. The number of amides is 1. The molecule has 1 aliphatic rings. The van der Waals surface area contributed by atoms with E-state index in [-0.39, 0.29) is 11.9 Å². The van der Waals surface area contributed by atoms with Gasteiger partial charge in [-0.2, -0.15) is 10.4 Å². The van der Waals surface area contributed by atoms with Gasteiger partial charge in [-0.05, 0) is 44.5 Å². The first-order valence-corrected chi connectivity index (χ1v) is 8.98. The molecule has 26 heavy (non-hydrogen) atoms. The van der Waals surface area contributed by atoms with E-state index in [2.05, 4.69) is 23.0 Å². The van der Waals surface area contributed by atoms with Crippen LogP contribution < -0.4 is 0 Å². The van der Waals surface area contributed by atoms with E-state index in [1.807, 2.05) is 49.1 Å². The third kappa shape index (κ3) is 4.12. The number of piperazine rings is 1. The van der Waals surface area contributed by atoms with E-state index >= 15 is 0 Å². The first-order valence-electron chi connectivity index (χ1n) is 8.98. The van der Waals surface area contributed by atoms with E-state index in [4.69, 9.17) is 5.26 Å². The molecule has 2 aromatic rings. The lowest BCUT2D eigenvalue weighted by Gasteiger charge is -2.40. The van der Waals surface area contributed by atoms with Crippen molar-refractivity contribution >= 4 is 5.91 Å². The van der Waals surface area contributed by atoms with Crippen molar-refractivity contribution in [1.82, 2.24) is 19.6 Å². The zero-order valence-corrected chi connectivity index (χ0v) is 15.6. The van der Waals surface area contributed by atoms with Crippen molar-refractivity contribution in [2.24, 2.45) is 0 Å². The average molecular weight is 351 g/mol. The molecule has 6 nitrogen and oxygen atoms in total. The van der Waals surface area contributed by atoms with E-state index in [0.29, 0.717) is 12.1 Å². The second-order valence-electron chi connectivity index (χ2n) is 7.06. The van der Waals surface area contributed by atoms with Crippen LogP contribution in [-0.4, -0.2) is 51.2 Å². The second kappa shape index (κ2) is 7.71. The fraction of sp³-hybridized carbons (Fsp3) is 0.450. The zero-order valence-electron chi connectivity index (χ0n) is 15.6.